The van der Waals surface area contributed by atoms with E-state index in [0.717, 1.165) is 6.20 Å². The molecule has 0 aliphatic heterocycles. The molecule has 88 valence electrons. The normalized spacial score (nSPS) is 11.3. The fourth-order valence-electron chi connectivity index (χ4n) is 0.972. The Morgan fingerprint density at radius 1 is 1.56 bits per heavy atom. The summed E-state index contributed by atoms with van der Waals surface area (Å²) in [6, 6.07) is 0. The van der Waals surface area contributed by atoms with Crippen molar-refractivity contribution in [2.24, 2.45) is 0 Å². The van der Waals surface area contributed by atoms with Crippen molar-refractivity contribution >= 4 is 28.6 Å². The van der Waals surface area contributed by atoms with Gasteiger partial charge in [0, 0.05) is 11.8 Å². The Kier molecular flexibility index (Phi) is 3.61. The van der Waals surface area contributed by atoms with Gasteiger partial charge in [0.15, 0.2) is 5.75 Å². The summed E-state index contributed by atoms with van der Waals surface area (Å²) in [6.07, 6.45) is -4.10. The van der Waals surface area contributed by atoms with Gasteiger partial charge >= 0.3 is 12.3 Å². The van der Waals surface area contributed by atoms with Crippen LogP contribution in [0.5, 0.6) is 5.75 Å². The molecule has 0 atom stereocenters. The van der Waals surface area contributed by atoms with Crippen molar-refractivity contribution in [3.63, 3.8) is 0 Å². The Morgan fingerprint density at radius 3 is 2.56 bits per heavy atom. The van der Waals surface area contributed by atoms with Crippen LogP contribution < -0.4 is 4.74 Å². The van der Waals surface area contributed by atoms with E-state index in [1.54, 1.807) is 22.6 Å². The third kappa shape index (κ3) is 2.97. The lowest BCUT2D eigenvalue weighted by molar-refractivity contribution is -0.275. The molecule has 0 aliphatic rings. The number of ether oxygens (including phenoxy) is 1. The van der Waals surface area contributed by atoms with Crippen molar-refractivity contribution in [2.45, 2.75) is 13.3 Å². The van der Waals surface area contributed by atoms with Gasteiger partial charge in [0.1, 0.15) is 9.26 Å². The number of halogens is 4. The lowest BCUT2D eigenvalue weighted by atomic mass is 10.2. The fourth-order valence-corrected chi connectivity index (χ4v) is 1.36. The largest absolute Gasteiger partial charge is 0.573 e. The first-order valence-corrected chi connectivity index (χ1v) is 4.94. The highest BCUT2D eigenvalue weighted by Gasteiger charge is 2.34. The van der Waals surface area contributed by atoms with Gasteiger partial charge in [-0.15, -0.1) is 13.2 Å². The van der Waals surface area contributed by atoms with E-state index in [1.807, 2.05) is 0 Å². The van der Waals surface area contributed by atoms with Gasteiger partial charge in [-0.25, -0.2) is 9.78 Å². The monoisotopic (exact) mass is 347 g/mol. The van der Waals surface area contributed by atoms with Crippen LogP contribution in [0.1, 0.15) is 15.9 Å². The van der Waals surface area contributed by atoms with Crippen LogP contribution >= 0.6 is 22.6 Å². The van der Waals surface area contributed by atoms with E-state index in [-0.39, 0.29) is 9.26 Å². The molecule has 0 amide bonds. The van der Waals surface area contributed by atoms with Crippen molar-refractivity contribution in [3.05, 3.63) is 21.0 Å². The number of carboxylic acid groups (broad SMARTS) is 1. The minimum absolute atomic E-state index is 0.0397. The van der Waals surface area contributed by atoms with E-state index in [0.29, 0.717) is 0 Å². The molecule has 1 N–H and O–H groups in total. The highest BCUT2D eigenvalue weighted by Crippen LogP contribution is 2.31. The van der Waals surface area contributed by atoms with Crippen LogP contribution in [0, 0.1) is 10.6 Å². The highest BCUT2D eigenvalue weighted by molar-refractivity contribution is 14.1. The second kappa shape index (κ2) is 4.44. The molecule has 0 aliphatic carbocycles. The molecule has 0 radical (unpaired) electrons. The quantitative estimate of drug-likeness (QED) is 0.660. The number of hydrogen-bond acceptors (Lipinski definition) is 3. The van der Waals surface area contributed by atoms with Gasteiger partial charge in [0.25, 0.3) is 0 Å². The number of aromatic carboxylic acids is 1. The maximum atomic E-state index is 12.1. The molecule has 8 heteroatoms. The van der Waals surface area contributed by atoms with Gasteiger partial charge in [-0.1, -0.05) is 0 Å². The molecule has 0 bridgehead atoms. The zero-order valence-electron chi connectivity index (χ0n) is 7.80. The molecule has 0 aromatic carbocycles. The second-order valence-corrected chi connectivity index (χ2v) is 3.79. The number of carbonyl (C=O) groups is 1. The average Bonchev–Trinajstić information content (AvgIpc) is 2.10. The number of pyridine rings is 1. The Bertz CT molecular complexity index is 433. The van der Waals surface area contributed by atoms with Crippen LogP contribution in [0.25, 0.3) is 0 Å². The van der Waals surface area contributed by atoms with Gasteiger partial charge in [-0.3, -0.25) is 0 Å². The molecule has 16 heavy (non-hydrogen) atoms. The van der Waals surface area contributed by atoms with Crippen molar-refractivity contribution in [2.75, 3.05) is 0 Å². The predicted octanol–water partition coefficient (Wildman–Crippen LogP) is 2.59. The first-order chi connectivity index (χ1) is 7.22. The number of nitrogens with zero attached hydrogens (tertiary/aromatic N) is 1. The Morgan fingerprint density at radius 2 is 2.12 bits per heavy atom. The third-order valence-electron chi connectivity index (χ3n) is 1.65. The maximum absolute atomic E-state index is 12.1. The van der Waals surface area contributed by atoms with E-state index in [2.05, 4.69) is 9.72 Å². The summed E-state index contributed by atoms with van der Waals surface area (Å²) < 4.78 is 40.1. The van der Waals surface area contributed by atoms with Crippen molar-refractivity contribution in [1.29, 1.82) is 0 Å². The molecule has 1 rings (SSSR count). The predicted molar refractivity (Wildman–Crippen MR) is 55.3 cm³/mol. The molecule has 1 heterocycles. The van der Waals surface area contributed by atoms with E-state index in [9.17, 15) is 18.0 Å². The zero-order valence-corrected chi connectivity index (χ0v) is 9.96. The molecule has 1 aromatic rings. The Hall–Kier alpha value is -1.06. The number of alkyl halides is 3. The topological polar surface area (TPSA) is 59.4 Å². The summed E-state index contributed by atoms with van der Waals surface area (Å²) >= 11 is 1.69. The molecular formula is C8H5F3INO3. The highest BCUT2D eigenvalue weighted by atomic mass is 127. The summed E-state index contributed by atoms with van der Waals surface area (Å²) in [5.41, 5.74) is -0.576. The number of carboxylic acids is 1. The summed E-state index contributed by atoms with van der Waals surface area (Å²) in [5.74, 6) is -2.24. The van der Waals surface area contributed by atoms with Gasteiger partial charge in [0.2, 0.25) is 0 Å². The lowest BCUT2D eigenvalue weighted by Gasteiger charge is -2.13. The molecule has 0 spiro atoms. The fraction of sp³-hybridized carbons (Fsp3) is 0.250. The second-order valence-electron chi connectivity index (χ2n) is 2.77. The Balaban J connectivity index is 3.32. The van der Waals surface area contributed by atoms with Gasteiger partial charge in [-0.05, 0) is 29.5 Å². The summed E-state index contributed by atoms with van der Waals surface area (Å²) in [4.78, 5) is 14.3. The van der Waals surface area contributed by atoms with Crippen LogP contribution in [-0.2, 0) is 0 Å². The molecule has 0 saturated carbocycles. The van der Waals surface area contributed by atoms with Crippen molar-refractivity contribution in [1.82, 2.24) is 4.98 Å². The first kappa shape index (κ1) is 13.0. The van der Waals surface area contributed by atoms with Crippen LogP contribution in [-0.4, -0.2) is 22.4 Å². The first-order valence-electron chi connectivity index (χ1n) is 3.86. The summed E-state index contributed by atoms with van der Waals surface area (Å²) in [6.45, 7) is 1.31. The van der Waals surface area contributed by atoms with E-state index in [4.69, 9.17) is 5.11 Å². The van der Waals surface area contributed by atoms with Gasteiger partial charge < -0.3 is 9.84 Å². The standard InChI is InChI=1S/C8H5F3INO3/c1-3-5(16-8(9,10)11)4(7(14)15)2-13-6(3)12/h2H,1H3,(H,14,15). The molecular weight excluding hydrogens is 342 g/mol. The molecule has 0 unspecified atom stereocenters. The molecule has 1 aromatic heterocycles. The summed E-state index contributed by atoms with van der Waals surface area (Å²) in [7, 11) is 0. The maximum Gasteiger partial charge on any atom is 0.573 e. The summed E-state index contributed by atoms with van der Waals surface area (Å²) in [5, 5.41) is 8.69. The number of hydrogen-bond donors (Lipinski definition) is 1. The van der Waals surface area contributed by atoms with Gasteiger partial charge in [-0.2, -0.15) is 0 Å². The van der Waals surface area contributed by atoms with Gasteiger partial charge in [0.05, 0.1) is 0 Å². The smallest absolute Gasteiger partial charge is 0.477 e. The van der Waals surface area contributed by atoms with Crippen LogP contribution in [0.4, 0.5) is 13.2 Å². The number of rotatable bonds is 2. The van der Waals surface area contributed by atoms with Crippen LogP contribution in [0.3, 0.4) is 0 Å². The van der Waals surface area contributed by atoms with Crippen LogP contribution in [0.2, 0.25) is 0 Å². The zero-order chi connectivity index (χ0) is 12.5. The molecule has 0 saturated heterocycles. The third-order valence-corrected chi connectivity index (χ3v) is 2.74. The average molecular weight is 347 g/mol. The minimum atomic E-state index is -4.93. The SMILES string of the molecule is Cc1c(I)ncc(C(=O)O)c1OC(F)(F)F. The molecule has 4 nitrogen and oxygen atoms in total. The van der Waals surface area contributed by atoms with E-state index < -0.39 is 23.6 Å². The minimum Gasteiger partial charge on any atom is -0.477 e. The Labute approximate surface area is 102 Å². The molecule has 0 fully saturated rings. The lowest BCUT2D eigenvalue weighted by Crippen LogP contribution is -2.20. The number of aromatic nitrogens is 1. The van der Waals surface area contributed by atoms with E-state index >= 15 is 0 Å². The van der Waals surface area contributed by atoms with Crippen molar-refractivity contribution in [3.8, 4) is 5.75 Å². The van der Waals surface area contributed by atoms with Crippen LogP contribution in [0.15, 0.2) is 6.20 Å². The van der Waals surface area contributed by atoms with E-state index in [1.165, 1.54) is 6.92 Å². The van der Waals surface area contributed by atoms with Crippen molar-refractivity contribution < 1.29 is 27.8 Å².